The predicted molar refractivity (Wildman–Crippen MR) is 109 cm³/mol. The summed E-state index contributed by atoms with van der Waals surface area (Å²) in [6.45, 7) is 2.98. The zero-order valence-electron chi connectivity index (χ0n) is 15.7. The van der Waals surface area contributed by atoms with E-state index < -0.39 is 6.10 Å². The zero-order valence-corrected chi connectivity index (χ0v) is 15.7. The number of anilines is 1. The molecule has 2 aromatic carbocycles. The molecule has 2 unspecified atom stereocenters. The van der Waals surface area contributed by atoms with Crippen LogP contribution in [0.2, 0.25) is 0 Å². The lowest BCUT2D eigenvalue weighted by molar-refractivity contribution is 0.200. The number of hydrogen-bond donors (Lipinski definition) is 4. The summed E-state index contributed by atoms with van der Waals surface area (Å²) < 4.78 is 5.92. The largest absolute Gasteiger partial charge is 0.492 e. The minimum absolute atomic E-state index is 0.267. The quantitative estimate of drug-likeness (QED) is 0.504. The second-order valence-corrected chi connectivity index (χ2v) is 7.33. The van der Waals surface area contributed by atoms with Gasteiger partial charge in [0.15, 0.2) is 0 Å². The number of nitrogens with one attached hydrogen (secondary N) is 2. The van der Waals surface area contributed by atoms with Crippen LogP contribution in [0.5, 0.6) is 5.75 Å². The fraction of sp³-hybridized carbons (Fsp3) is 0.364. The molecule has 5 N–H and O–H groups in total. The minimum Gasteiger partial charge on any atom is -0.492 e. The van der Waals surface area contributed by atoms with Crippen LogP contribution in [-0.4, -0.2) is 29.3 Å². The normalized spacial score (nSPS) is 17.5. The second-order valence-electron chi connectivity index (χ2n) is 7.33. The Bertz CT molecular complexity index is 932. The molecule has 4 rings (SSSR count). The van der Waals surface area contributed by atoms with Crippen molar-refractivity contribution in [2.45, 2.75) is 38.3 Å². The van der Waals surface area contributed by atoms with E-state index >= 15 is 0 Å². The number of aryl methyl sites for hydroxylation is 1. The number of aromatic amines is 1. The fourth-order valence-electron chi connectivity index (χ4n) is 3.90. The number of aromatic nitrogens is 1. The Balaban J connectivity index is 1.39. The van der Waals surface area contributed by atoms with E-state index in [9.17, 15) is 5.11 Å². The zero-order chi connectivity index (χ0) is 18.8. The Morgan fingerprint density at radius 3 is 3.00 bits per heavy atom. The average Bonchev–Trinajstić information content (AvgIpc) is 3.02. The summed E-state index contributed by atoms with van der Waals surface area (Å²) in [5, 5.41) is 14.4. The number of fused-ring (bicyclic) bond motifs is 3. The number of benzene rings is 2. The first kappa shape index (κ1) is 17.9. The van der Waals surface area contributed by atoms with Gasteiger partial charge in [-0.15, -0.1) is 0 Å². The van der Waals surface area contributed by atoms with Crippen LogP contribution in [0.4, 0.5) is 5.69 Å². The summed E-state index contributed by atoms with van der Waals surface area (Å²) in [5.41, 5.74) is 11.8. The van der Waals surface area contributed by atoms with Gasteiger partial charge in [-0.2, -0.15) is 0 Å². The predicted octanol–water partition coefficient (Wildman–Crippen LogP) is 3.53. The van der Waals surface area contributed by atoms with Gasteiger partial charge in [0.25, 0.3) is 0 Å². The van der Waals surface area contributed by atoms with E-state index in [1.807, 2.05) is 30.3 Å². The maximum absolute atomic E-state index is 9.84. The second kappa shape index (κ2) is 7.62. The molecule has 0 radical (unpaired) electrons. The summed E-state index contributed by atoms with van der Waals surface area (Å²) in [6, 6.07) is 14.3. The third-order valence-electron chi connectivity index (χ3n) is 5.29. The minimum atomic E-state index is -0.496. The van der Waals surface area contributed by atoms with E-state index in [0.717, 1.165) is 41.8 Å². The van der Waals surface area contributed by atoms with E-state index in [0.29, 0.717) is 13.2 Å². The highest BCUT2D eigenvalue weighted by molar-refractivity contribution is 5.86. The molecule has 27 heavy (non-hydrogen) atoms. The molecule has 142 valence electrons. The van der Waals surface area contributed by atoms with Crippen molar-refractivity contribution in [2.24, 2.45) is 5.73 Å². The third kappa shape index (κ3) is 3.80. The van der Waals surface area contributed by atoms with Gasteiger partial charge >= 0.3 is 0 Å². The number of ether oxygens (including phenoxy) is 1. The van der Waals surface area contributed by atoms with Crippen LogP contribution in [0.3, 0.4) is 0 Å². The molecule has 0 spiro atoms. The van der Waals surface area contributed by atoms with Gasteiger partial charge in [-0.1, -0.05) is 18.2 Å². The lowest BCUT2D eigenvalue weighted by atomic mass is 9.92. The summed E-state index contributed by atoms with van der Waals surface area (Å²) in [5.74, 6) is 0.857. The van der Waals surface area contributed by atoms with Gasteiger partial charge in [-0.3, -0.25) is 0 Å². The average molecular weight is 365 g/mol. The van der Waals surface area contributed by atoms with Crippen molar-refractivity contribution in [2.75, 3.05) is 18.5 Å². The Kier molecular flexibility index (Phi) is 5.05. The van der Waals surface area contributed by atoms with E-state index in [2.05, 4.69) is 22.4 Å². The summed E-state index contributed by atoms with van der Waals surface area (Å²) >= 11 is 0. The molecule has 2 atom stereocenters. The van der Waals surface area contributed by atoms with Gasteiger partial charge in [0, 0.05) is 46.5 Å². The van der Waals surface area contributed by atoms with Gasteiger partial charge < -0.3 is 25.9 Å². The Hall–Kier alpha value is -2.50. The molecule has 0 aliphatic heterocycles. The fourth-order valence-corrected chi connectivity index (χ4v) is 3.90. The lowest BCUT2D eigenvalue weighted by Gasteiger charge is -2.18. The molecule has 3 aromatic rings. The highest BCUT2D eigenvalue weighted by Crippen LogP contribution is 2.31. The number of aliphatic hydroxyl groups excluding tert-OH is 1. The number of H-pyrrole nitrogens is 1. The lowest BCUT2D eigenvalue weighted by Crippen LogP contribution is -2.27. The first-order chi connectivity index (χ1) is 13.1. The van der Waals surface area contributed by atoms with Gasteiger partial charge in [0.2, 0.25) is 0 Å². The molecule has 1 aromatic heterocycles. The summed E-state index contributed by atoms with van der Waals surface area (Å²) in [4.78, 5) is 3.53. The van der Waals surface area contributed by atoms with Crippen molar-refractivity contribution < 1.29 is 9.84 Å². The van der Waals surface area contributed by atoms with E-state index in [1.54, 1.807) is 6.92 Å². The van der Waals surface area contributed by atoms with Crippen molar-refractivity contribution in [1.82, 2.24) is 4.98 Å². The Morgan fingerprint density at radius 1 is 1.30 bits per heavy atom. The number of nitrogens with two attached hydrogens (primary N) is 1. The summed E-state index contributed by atoms with van der Waals surface area (Å²) in [6.07, 6.45) is 2.52. The maximum atomic E-state index is 9.84. The number of para-hydroxylation sites is 1. The molecule has 5 nitrogen and oxygen atoms in total. The molecule has 1 aliphatic rings. The van der Waals surface area contributed by atoms with Crippen molar-refractivity contribution in [3.63, 3.8) is 0 Å². The van der Waals surface area contributed by atoms with Gasteiger partial charge in [-0.25, -0.2) is 0 Å². The van der Waals surface area contributed by atoms with Crippen molar-refractivity contribution in [3.05, 3.63) is 59.3 Å². The molecule has 0 saturated heterocycles. The molecule has 1 heterocycles. The van der Waals surface area contributed by atoms with Crippen LogP contribution in [0.25, 0.3) is 10.9 Å². The molecule has 5 heteroatoms. The highest BCUT2D eigenvalue weighted by atomic mass is 16.5. The van der Waals surface area contributed by atoms with E-state index in [-0.39, 0.29) is 6.04 Å². The summed E-state index contributed by atoms with van der Waals surface area (Å²) in [7, 11) is 0. The van der Waals surface area contributed by atoms with Crippen LogP contribution >= 0.6 is 0 Å². The topological polar surface area (TPSA) is 83.3 Å². The maximum Gasteiger partial charge on any atom is 0.121 e. The van der Waals surface area contributed by atoms with Gasteiger partial charge in [0.1, 0.15) is 12.4 Å². The molecule has 0 fully saturated rings. The Morgan fingerprint density at radius 2 is 2.15 bits per heavy atom. The van der Waals surface area contributed by atoms with E-state index in [1.165, 1.54) is 16.6 Å². The van der Waals surface area contributed by atoms with Gasteiger partial charge in [-0.05, 0) is 49.9 Å². The molecule has 1 aliphatic carbocycles. The first-order valence-corrected chi connectivity index (χ1v) is 9.64. The van der Waals surface area contributed by atoms with Crippen LogP contribution in [-0.2, 0) is 12.8 Å². The monoisotopic (exact) mass is 365 g/mol. The number of aliphatic hydroxyl groups is 1. The van der Waals surface area contributed by atoms with Gasteiger partial charge in [0.05, 0.1) is 6.10 Å². The van der Waals surface area contributed by atoms with Crippen molar-refractivity contribution >= 4 is 16.6 Å². The number of hydrogen-bond acceptors (Lipinski definition) is 4. The molecule has 0 amide bonds. The standard InChI is InChI=1S/C22H27N3O2/c1-14(26)17-4-2-3-5-20(17)24-10-11-27-16-7-8-18-19-12-15(23)6-9-21(19)25-22(18)13-16/h2-5,7-8,13-15,24-26H,6,9-12,23H2,1H3. The Labute approximate surface area is 159 Å². The first-order valence-electron chi connectivity index (χ1n) is 9.64. The molecule has 0 bridgehead atoms. The van der Waals surface area contributed by atoms with Crippen LogP contribution in [0.1, 0.15) is 36.3 Å². The van der Waals surface area contributed by atoms with Crippen molar-refractivity contribution in [1.29, 1.82) is 0 Å². The number of rotatable bonds is 6. The van der Waals surface area contributed by atoms with Crippen LogP contribution in [0, 0.1) is 0 Å². The van der Waals surface area contributed by atoms with Crippen molar-refractivity contribution in [3.8, 4) is 5.75 Å². The smallest absolute Gasteiger partial charge is 0.121 e. The molecular formula is C22H27N3O2. The SMILES string of the molecule is CC(O)c1ccccc1NCCOc1ccc2c3c([nH]c2c1)CCC(N)C3. The van der Waals surface area contributed by atoms with E-state index in [4.69, 9.17) is 10.5 Å². The highest BCUT2D eigenvalue weighted by Gasteiger charge is 2.20. The molecular weight excluding hydrogens is 338 g/mol. The van der Waals surface area contributed by atoms with Crippen LogP contribution < -0.4 is 15.8 Å². The molecule has 0 saturated carbocycles. The van der Waals surface area contributed by atoms with Crippen LogP contribution in [0.15, 0.2) is 42.5 Å². The third-order valence-corrected chi connectivity index (χ3v) is 5.29.